The zero-order valence-corrected chi connectivity index (χ0v) is 49.4. The summed E-state index contributed by atoms with van der Waals surface area (Å²) in [6, 6.07) is -0.538. The molecule has 6 nitrogen and oxygen atoms in total. The summed E-state index contributed by atoms with van der Waals surface area (Å²) in [7, 11) is 0. The van der Waals surface area contributed by atoms with E-state index < -0.39 is 12.1 Å². The van der Waals surface area contributed by atoms with Gasteiger partial charge in [0.2, 0.25) is 5.91 Å². The van der Waals surface area contributed by atoms with Gasteiger partial charge in [-0.1, -0.05) is 321 Å². The van der Waals surface area contributed by atoms with Crippen molar-refractivity contribution in [1.82, 2.24) is 5.32 Å². The van der Waals surface area contributed by atoms with Gasteiger partial charge in [-0.2, -0.15) is 0 Å². The number of unbranched alkanes of at least 4 members (excludes halogenated alkanes) is 47. The fraction of sp³-hybridized carbons (Fsp3) is 0.910. The molecule has 0 aromatic rings. The smallest absolute Gasteiger partial charge is 0.305 e. The van der Waals surface area contributed by atoms with Gasteiger partial charge in [0.15, 0.2) is 0 Å². The van der Waals surface area contributed by atoms with Crippen LogP contribution in [0.2, 0.25) is 0 Å². The van der Waals surface area contributed by atoms with Crippen LogP contribution in [-0.2, 0) is 14.3 Å². The van der Waals surface area contributed by atoms with Gasteiger partial charge in [-0.25, -0.2) is 0 Å². The number of hydrogen-bond donors (Lipinski definition) is 3. The summed E-state index contributed by atoms with van der Waals surface area (Å²) in [5, 5.41) is 23.2. The summed E-state index contributed by atoms with van der Waals surface area (Å²) in [5.74, 6) is -0.0206. The number of allylic oxidation sites excluding steroid dienone is 4. The van der Waals surface area contributed by atoms with Crippen molar-refractivity contribution in [1.29, 1.82) is 0 Å². The molecule has 2 atom stereocenters. The molecule has 0 bridgehead atoms. The van der Waals surface area contributed by atoms with Gasteiger partial charge < -0.3 is 20.3 Å². The molecule has 432 valence electrons. The molecule has 0 aliphatic rings. The fourth-order valence-electron chi connectivity index (χ4n) is 10.4. The molecule has 0 aromatic heterocycles. The van der Waals surface area contributed by atoms with E-state index in [1.165, 1.54) is 283 Å². The van der Waals surface area contributed by atoms with Crippen molar-refractivity contribution in [3.8, 4) is 0 Å². The molecule has 0 saturated heterocycles. The Labute approximate surface area is 456 Å². The molecule has 6 heteroatoms. The van der Waals surface area contributed by atoms with Crippen LogP contribution in [0.1, 0.15) is 367 Å². The van der Waals surface area contributed by atoms with Crippen LogP contribution in [0.5, 0.6) is 0 Å². The van der Waals surface area contributed by atoms with Gasteiger partial charge in [0.05, 0.1) is 25.4 Å². The minimum atomic E-state index is -0.660. The lowest BCUT2D eigenvalue weighted by atomic mass is 10.0. The van der Waals surface area contributed by atoms with Gasteiger partial charge in [0, 0.05) is 12.8 Å². The summed E-state index contributed by atoms with van der Waals surface area (Å²) in [4.78, 5) is 24.5. The van der Waals surface area contributed by atoms with Gasteiger partial charge in [-0.15, -0.1) is 0 Å². The normalized spacial score (nSPS) is 12.7. The standard InChI is InChI=1S/C67H129NO5/c1-3-5-7-9-11-13-15-16-17-18-31-34-37-41-45-49-53-57-61-67(72)73-62-58-54-50-46-42-38-35-32-29-27-25-23-21-19-20-22-24-26-28-30-33-36-40-44-48-52-56-60-66(71)68-64(63-69)65(70)59-55-51-47-43-39-14-12-10-8-6-4-2/h13,15,17-18,64-65,69-70H,3-12,14,16,19-63H2,1-2H3,(H,68,71)/b15-13-,18-17-. The first-order valence-electron chi connectivity index (χ1n) is 33.1. The molecular weight excluding hydrogens is 899 g/mol. The van der Waals surface area contributed by atoms with E-state index in [0.717, 1.165) is 51.4 Å². The Balaban J connectivity index is 3.32. The third-order valence-corrected chi connectivity index (χ3v) is 15.5. The molecule has 0 saturated carbocycles. The van der Waals surface area contributed by atoms with E-state index in [0.29, 0.717) is 25.9 Å². The van der Waals surface area contributed by atoms with Crippen molar-refractivity contribution < 1.29 is 24.5 Å². The van der Waals surface area contributed by atoms with Gasteiger partial charge >= 0.3 is 5.97 Å². The van der Waals surface area contributed by atoms with Crippen molar-refractivity contribution in [2.24, 2.45) is 0 Å². The topological polar surface area (TPSA) is 95.9 Å². The Kier molecular flexibility index (Phi) is 61.4. The number of nitrogens with one attached hydrogen (secondary N) is 1. The van der Waals surface area contributed by atoms with E-state index in [1.54, 1.807) is 0 Å². The highest BCUT2D eigenvalue weighted by atomic mass is 16.5. The lowest BCUT2D eigenvalue weighted by Gasteiger charge is -2.22. The predicted octanol–water partition coefficient (Wildman–Crippen LogP) is 21.0. The van der Waals surface area contributed by atoms with Crippen LogP contribution in [0.25, 0.3) is 0 Å². The first kappa shape index (κ1) is 71.3. The molecule has 0 spiro atoms. The second-order valence-electron chi connectivity index (χ2n) is 22.8. The van der Waals surface area contributed by atoms with Crippen molar-refractivity contribution in [3.63, 3.8) is 0 Å². The molecule has 73 heavy (non-hydrogen) atoms. The fourth-order valence-corrected chi connectivity index (χ4v) is 10.4. The monoisotopic (exact) mass is 1030 g/mol. The van der Waals surface area contributed by atoms with E-state index in [1.807, 2.05) is 0 Å². The molecule has 0 rings (SSSR count). The van der Waals surface area contributed by atoms with E-state index in [9.17, 15) is 19.8 Å². The zero-order chi connectivity index (χ0) is 52.9. The molecule has 0 heterocycles. The molecule has 0 aliphatic heterocycles. The summed E-state index contributed by atoms with van der Waals surface area (Å²) < 4.78 is 5.50. The van der Waals surface area contributed by atoms with Crippen molar-refractivity contribution >= 4 is 11.9 Å². The number of ether oxygens (including phenoxy) is 1. The maximum atomic E-state index is 12.5. The number of aliphatic hydroxyl groups is 2. The van der Waals surface area contributed by atoms with Crippen LogP contribution in [0.4, 0.5) is 0 Å². The average Bonchev–Trinajstić information content (AvgIpc) is 3.39. The summed E-state index contributed by atoms with van der Waals surface area (Å²) in [5.41, 5.74) is 0. The molecule has 0 aliphatic carbocycles. The third kappa shape index (κ3) is 59.4. The Morgan fingerprint density at radius 1 is 0.384 bits per heavy atom. The molecule has 1 amide bonds. The van der Waals surface area contributed by atoms with Crippen LogP contribution in [0, 0.1) is 0 Å². The van der Waals surface area contributed by atoms with Crippen LogP contribution < -0.4 is 5.32 Å². The van der Waals surface area contributed by atoms with Crippen LogP contribution in [0.15, 0.2) is 24.3 Å². The van der Waals surface area contributed by atoms with Crippen LogP contribution >= 0.6 is 0 Å². The predicted molar refractivity (Wildman–Crippen MR) is 320 cm³/mol. The Morgan fingerprint density at radius 3 is 1.05 bits per heavy atom. The summed E-state index contributed by atoms with van der Waals surface area (Å²) in [6.45, 7) is 4.95. The second-order valence-corrected chi connectivity index (χ2v) is 22.8. The highest BCUT2D eigenvalue weighted by Crippen LogP contribution is 2.18. The number of aliphatic hydroxyl groups excluding tert-OH is 2. The van der Waals surface area contributed by atoms with E-state index in [4.69, 9.17) is 4.74 Å². The Bertz CT molecular complexity index is 1140. The number of carbonyl (C=O) groups excluding carboxylic acids is 2. The second kappa shape index (κ2) is 62.9. The molecule has 0 fully saturated rings. The third-order valence-electron chi connectivity index (χ3n) is 15.5. The molecule has 2 unspecified atom stereocenters. The average molecular weight is 1030 g/mol. The SMILES string of the molecule is CCCCCC/C=C\C/C=C\CCCCCCCCCC(=O)OCCCCCCCCCCCCCCCCCCCCCCCCCCCCCC(=O)NC(CO)C(O)CCCCCCCCCCCCC. The Hall–Kier alpha value is -1.66. The molecule has 0 radical (unpaired) electrons. The first-order valence-corrected chi connectivity index (χ1v) is 33.1. The highest BCUT2D eigenvalue weighted by molar-refractivity contribution is 5.76. The van der Waals surface area contributed by atoms with Gasteiger partial charge in [-0.3, -0.25) is 9.59 Å². The number of amides is 1. The summed E-state index contributed by atoms with van der Waals surface area (Å²) >= 11 is 0. The minimum Gasteiger partial charge on any atom is -0.466 e. The van der Waals surface area contributed by atoms with Crippen molar-refractivity contribution in [2.75, 3.05) is 13.2 Å². The molecular formula is C67H129NO5. The number of esters is 1. The number of rotatable bonds is 62. The molecule has 3 N–H and O–H groups in total. The van der Waals surface area contributed by atoms with E-state index in [2.05, 4.69) is 43.5 Å². The largest absolute Gasteiger partial charge is 0.466 e. The van der Waals surface area contributed by atoms with E-state index >= 15 is 0 Å². The van der Waals surface area contributed by atoms with E-state index in [-0.39, 0.29) is 18.5 Å². The molecule has 0 aromatic carbocycles. The van der Waals surface area contributed by atoms with Crippen molar-refractivity contribution in [2.45, 2.75) is 379 Å². The highest BCUT2D eigenvalue weighted by Gasteiger charge is 2.20. The lowest BCUT2D eigenvalue weighted by molar-refractivity contribution is -0.143. The van der Waals surface area contributed by atoms with Gasteiger partial charge in [0.1, 0.15) is 0 Å². The first-order chi connectivity index (χ1) is 36.0. The quantitative estimate of drug-likeness (QED) is 0.0320. The van der Waals surface area contributed by atoms with Crippen LogP contribution in [-0.4, -0.2) is 47.4 Å². The lowest BCUT2D eigenvalue weighted by Crippen LogP contribution is -2.45. The maximum Gasteiger partial charge on any atom is 0.305 e. The van der Waals surface area contributed by atoms with Crippen molar-refractivity contribution in [3.05, 3.63) is 24.3 Å². The number of hydrogen-bond acceptors (Lipinski definition) is 5. The maximum absolute atomic E-state index is 12.5. The van der Waals surface area contributed by atoms with Gasteiger partial charge in [0.25, 0.3) is 0 Å². The van der Waals surface area contributed by atoms with Crippen LogP contribution in [0.3, 0.4) is 0 Å². The zero-order valence-electron chi connectivity index (χ0n) is 49.4. The van der Waals surface area contributed by atoms with Gasteiger partial charge in [-0.05, 0) is 57.8 Å². The Morgan fingerprint density at radius 2 is 0.685 bits per heavy atom. The summed E-state index contributed by atoms with van der Waals surface area (Å²) in [6.07, 6.45) is 77.9. The minimum absolute atomic E-state index is 0.0111. The number of carbonyl (C=O) groups is 2.